The van der Waals surface area contributed by atoms with Gasteiger partial charge in [0.15, 0.2) is 0 Å². The molecule has 2 atom stereocenters. The number of aryl methyl sites for hydroxylation is 1. The number of carbonyl (C=O) groups is 2. The minimum atomic E-state index is -1.11. The molecule has 0 radical (unpaired) electrons. The van der Waals surface area contributed by atoms with Crippen molar-refractivity contribution in [3.05, 3.63) is 35.9 Å². The van der Waals surface area contributed by atoms with Crippen LogP contribution in [0, 0.1) is 0 Å². The summed E-state index contributed by atoms with van der Waals surface area (Å²) in [5, 5.41) is 11.8. The van der Waals surface area contributed by atoms with Gasteiger partial charge in [-0.3, -0.25) is 4.79 Å². The van der Waals surface area contributed by atoms with E-state index in [1.165, 1.54) is 0 Å². The Morgan fingerprint density at radius 2 is 2.10 bits per heavy atom. The van der Waals surface area contributed by atoms with E-state index in [4.69, 9.17) is 10.5 Å². The molecular formula is C15H20N2O4. The van der Waals surface area contributed by atoms with Crippen LogP contribution in [0.2, 0.25) is 0 Å². The fourth-order valence-electron chi connectivity index (χ4n) is 2.27. The predicted molar refractivity (Wildman–Crippen MR) is 76.7 cm³/mol. The average molecular weight is 292 g/mol. The van der Waals surface area contributed by atoms with Crippen LogP contribution in [0.25, 0.3) is 0 Å². The van der Waals surface area contributed by atoms with Crippen molar-refractivity contribution in [2.75, 3.05) is 13.2 Å². The van der Waals surface area contributed by atoms with E-state index in [1.54, 1.807) is 0 Å². The van der Waals surface area contributed by atoms with Gasteiger partial charge in [0.1, 0.15) is 11.6 Å². The number of carboxylic acid groups (broad SMARTS) is 1. The Morgan fingerprint density at radius 1 is 1.38 bits per heavy atom. The first kappa shape index (κ1) is 15.5. The van der Waals surface area contributed by atoms with Gasteiger partial charge in [-0.2, -0.15) is 0 Å². The molecule has 1 fully saturated rings. The fourth-order valence-corrected chi connectivity index (χ4v) is 2.27. The molecule has 0 aliphatic carbocycles. The molecular weight excluding hydrogens is 272 g/mol. The number of benzene rings is 1. The summed E-state index contributed by atoms with van der Waals surface area (Å²) < 4.78 is 5.12. The van der Waals surface area contributed by atoms with E-state index in [1.807, 2.05) is 30.3 Å². The Kier molecular flexibility index (Phi) is 4.93. The molecule has 21 heavy (non-hydrogen) atoms. The lowest BCUT2D eigenvalue weighted by Crippen LogP contribution is -2.58. The van der Waals surface area contributed by atoms with Gasteiger partial charge in [-0.15, -0.1) is 0 Å². The molecule has 0 spiro atoms. The van der Waals surface area contributed by atoms with Gasteiger partial charge < -0.3 is 20.9 Å². The molecule has 2 unspecified atom stereocenters. The third kappa shape index (κ3) is 4.03. The second-order valence-electron chi connectivity index (χ2n) is 5.35. The van der Waals surface area contributed by atoms with Crippen LogP contribution < -0.4 is 11.1 Å². The highest BCUT2D eigenvalue weighted by molar-refractivity contribution is 5.90. The van der Waals surface area contributed by atoms with Crippen LogP contribution in [0.5, 0.6) is 0 Å². The maximum absolute atomic E-state index is 12.1. The highest BCUT2D eigenvalue weighted by Crippen LogP contribution is 2.16. The molecule has 1 aliphatic rings. The van der Waals surface area contributed by atoms with Crippen molar-refractivity contribution in [2.45, 2.75) is 30.8 Å². The predicted octanol–water partition coefficient (Wildman–Crippen LogP) is 0.306. The number of carbonyl (C=O) groups excluding carboxylic acids is 1. The zero-order valence-corrected chi connectivity index (χ0v) is 11.7. The van der Waals surface area contributed by atoms with Crippen LogP contribution in [0.3, 0.4) is 0 Å². The van der Waals surface area contributed by atoms with Crippen molar-refractivity contribution >= 4 is 11.9 Å². The van der Waals surface area contributed by atoms with Gasteiger partial charge >= 0.3 is 5.97 Å². The Balaban J connectivity index is 1.93. The fraction of sp³-hybridized carbons (Fsp3) is 0.467. The van der Waals surface area contributed by atoms with Gasteiger partial charge in [0.2, 0.25) is 5.91 Å². The zero-order valence-electron chi connectivity index (χ0n) is 11.7. The van der Waals surface area contributed by atoms with Crippen LogP contribution in [0.15, 0.2) is 30.3 Å². The number of nitrogens with two attached hydrogens (primary N) is 1. The van der Waals surface area contributed by atoms with Crippen molar-refractivity contribution < 1.29 is 19.4 Å². The normalized spacial score (nSPS) is 22.7. The number of nitrogens with one attached hydrogen (secondary N) is 1. The molecule has 2 rings (SSSR count). The van der Waals surface area contributed by atoms with Crippen LogP contribution in [-0.2, 0) is 20.7 Å². The summed E-state index contributed by atoms with van der Waals surface area (Å²) in [7, 11) is 0. The topological polar surface area (TPSA) is 102 Å². The SMILES string of the molecule is NC1(C(=O)NC(CCc2ccccc2)C(=O)O)CCOC1. The summed E-state index contributed by atoms with van der Waals surface area (Å²) in [6.45, 7) is 0.551. The highest BCUT2D eigenvalue weighted by atomic mass is 16.5. The van der Waals surface area contributed by atoms with Crippen LogP contribution >= 0.6 is 0 Å². The summed E-state index contributed by atoms with van der Waals surface area (Å²) >= 11 is 0. The number of carboxylic acids is 1. The first-order valence-electron chi connectivity index (χ1n) is 6.95. The van der Waals surface area contributed by atoms with E-state index < -0.39 is 23.5 Å². The van der Waals surface area contributed by atoms with Gasteiger partial charge in [-0.05, 0) is 24.8 Å². The smallest absolute Gasteiger partial charge is 0.326 e. The third-order valence-corrected chi connectivity index (χ3v) is 3.67. The number of hydrogen-bond acceptors (Lipinski definition) is 4. The molecule has 1 saturated heterocycles. The quantitative estimate of drug-likeness (QED) is 0.700. The molecule has 6 nitrogen and oxygen atoms in total. The third-order valence-electron chi connectivity index (χ3n) is 3.67. The van der Waals surface area contributed by atoms with E-state index in [9.17, 15) is 14.7 Å². The minimum Gasteiger partial charge on any atom is -0.480 e. The number of amides is 1. The van der Waals surface area contributed by atoms with E-state index in [0.29, 0.717) is 25.9 Å². The molecule has 1 aliphatic heterocycles. The maximum Gasteiger partial charge on any atom is 0.326 e. The Hall–Kier alpha value is -1.92. The first-order valence-corrected chi connectivity index (χ1v) is 6.95. The summed E-state index contributed by atoms with van der Waals surface area (Å²) in [5.74, 6) is -1.51. The Labute approximate surface area is 123 Å². The van der Waals surface area contributed by atoms with Crippen LogP contribution in [0.4, 0.5) is 0 Å². The largest absolute Gasteiger partial charge is 0.480 e. The number of aliphatic carboxylic acids is 1. The second-order valence-corrected chi connectivity index (χ2v) is 5.35. The Bertz CT molecular complexity index is 498. The van der Waals surface area contributed by atoms with Crippen LogP contribution in [-0.4, -0.2) is 41.8 Å². The standard InChI is InChI=1S/C15H20N2O4/c16-15(8-9-21-10-15)14(20)17-12(13(18)19)7-6-11-4-2-1-3-5-11/h1-5,12H,6-10,16H2,(H,17,20)(H,18,19). The Morgan fingerprint density at radius 3 is 2.67 bits per heavy atom. The van der Waals surface area contributed by atoms with Crippen molar-refractivity contribution in [1.82, 2.24) is 5.32 Å². The molecule has 0 bridgehead atoms. The molecule has 1 amide bonds. The van der Waals surface area contributed by atoms with E-state index in [-0.39, 0.29) is 6.61 Å². The van der Waals surface area contributed by atoms with E-state index >= 15 is 0 Å². The lowest BCUT2D eigenvalue weighted by atomic mass is 9.98. The summed E-state index contributed by atoms with van der Waals surface area (Å²) in [4.78, 5) is 23.4. The number of ether oxygens (including phenoxy) is 1. The molecule has 1 aromatic rings. The molecule has 1 aromatic carbocycles. The second kappa shape index (κ2) is 6.69. The van der Waals surface area contributed by atoms with Crippen molar-refractivity contribution in [1.29, 1.82) is 0 Å². The lowest BCUT2D eigenvalue weighted by Gasteiger charge is -2.23. The molecule has 6 heteroatoms. The van der Waals surface area contributed by atoms with Gasteiger partial charge in [-0.1, -0.05) is 30.3 Å². The van der Waals surface area contributed by atoms with Gasteiger partial charge in [0.05, 0.1) is 6.61 Å². The monoisotopic (exact) mass is 292 g/mol. The average Bonchev–Trinajstić information content (AvgIpc) is 2.92. The summed E-state index contributed by atoms with van der Waals surface area (Å²) in [6.07, 6.45) is 1.30. The van der Waals surface area contributed by atoms with E-state index in [2.05, 4.69) is 5.32 Å². The molecule has 0 aromatic heterocycles. The number of hydrogen-bond donors (Lipinski definition) is 3. The highest BCUT2D eigenvalue weighted by Gasteiger charge is 2.39. The summed E-state index contributed by atoms with van der Waals surface area (Å²) in [5.41, 5.74) is 5.85. The first-order chi connectivity index (χ1) is 10.0. The zero-order chi connectivity index (χ0) is 15.3. The van der Waals surface area contributed by atoms with Gasteiger partial charge in [0.25, 0.3) is 0 Å². The molecule has 114 valence electrons. The minimum absolute atomic E-state index is 0.129. The van der Waals surface area contributed by atoms with Crippen molar-refractivity contribution in [3.63, 3.8) is 0 Å². The summed E-state index contributed by atoms with van der Waals surface area (Å²) in [6, 6.07) is 8.60. The van der Waals surface area contributed by atoms with Gasteiger partial charge in [-0.25, -0.2) is 4.79 Å². The maximum atomic E-state index is 12.1. The molecule has 1 heterocycles. The van der Waals surface area contributed by atoms with Crippen molar-refractivity contribution in [2.24, 2.45) is 5.73 Å². The van der Waals surface area contributed by atoms with Gasteiger partial charge in [0, 0.05) is 6.61 Å². The van der Waals surface area contributed by atoms with E-state index in [0.717, 1.165) is 5.56 Å². The van der Waals surface area contributed by atoms with Crippen molar-refractivity contribution in [3.8, 4) is 0 Å². The molecule has 0 saturated carbocycles. The molecule has 4 N–H and O–H groups in total. The number of rotatable bonds is 6. The lowest BCUT2D eigenvalue weighted by molar-refractivity contribution is -0.142. The van der Waals surface area contributed by atoms with Crippen LogP contribution in [0.1, 0.15) is 18.4 Å².